The molecule has 1 aliphatic carbocycles. The standard InChI is InChI=1S/C32H56N4O3S/c1-22-11-9-12-23(2)29(22)27-18-28-34-30(33-27)35-40(37,38)26-14-10-13-24(17-26)20-36(16-15-31(3,4)5)25(21-39-28)19-32(6,7)8/h9,11-12,24-28,30,33-35H,10,13-21H2,1-8H3/t24?,25-,26?,27?,28?,30?/m1/s1. The van der Waals surface area contributed by atoms with Crippen molar-refractivity contribution in [1.29, 1.82) is 0 Å². The van der Waals surface area contributed by atoms with Crippen LogP contribution in [0, 0.1) is 30.6 Å². The summed E-state index contributed by atoms with van der Waals surface area (Å²) in [5.74, 6) is 0.376. The highest BCUT2D eigenvalue weighted by atomic mass is 32.2. The minimum absolute atomic E-state index is 0.0116. The highest BCUT2D eigenvalue weighted by Gasteiger charge is 2.39. The van der Waals surface area contributed by atoms with Gasteiger partial charge in [-0.15, -0.1) is 0 Å². The van der Waals surface area contributed by atoms with Gasteiger partial charge in [0, 0.05) is 25.0 Å². The molecule has 2 aliphatic heterocycles. The van der Waals surface area contributed by atoms with Crippen molar-refractivity contribution in [2.45, 2.75) is 130 Å². The molecule has 2 heterocycles. The van der Waals surface area contributed by atoms with Crippen LogP contribution in [0.25, 0.3) is 0 Å². The van der Waals surface area contributed by atoms with Gasteiger partial charge < -0.3 is 4.74 Å². The topological polar surface area (TPSA) is 82.7 Å². The van der Waals surface area contributed by atoms with Crippen molar-refractivity contribution in [3.63, 3.8) is 0 Å². The molecule has 6 atom stereocenters. The van der Waals surface area contributed by atoms with Gasteiger partial charge in [-0.25, -0.2) is 8.42 Å². The van der Waals surface area contributed by atoms with E-state index in [1.54, 1.807) is 0 Å². The summed E-state index contributed by atoms with van der Waals surface area (Å²) in [6.07, 6.45) is 5.55. The van der Waals surface area contributed by atoms with Gasteiger partial charge in [0.25, 0.3) is 0 Å². The maximum absolute atomic E-state index is 13.7. The van der Waals surface area contributed by atoms with Gasteiger partial charge in [-0.1, -0.05) is 66.2 Å². The lowest BCUT2D eigenvalue weighted by atomic mass is 9.84. The van der Waals surface area contributed by atoms with E-state index in [2.05, 4.69) is 93.8 Å². The predicted octanol–water partition coefficient (Wildman–Crippen LogP) is 5.59. The average molecular weight is 577 g/mol. The summed E-state index contributed by atoms with van der Waals surface area (Å²) < 4.78 is 37.2. The fourth-order valence-corrected chi connectivity index (χ4v) is 8.62. The van der Waals surface area contributed by atoms with Gasteiger partial charge >= 0.3 is 0 Å². The Bertz CT molecular complexity index is 1070. The Hall–Kier alpha value is -1.03. The second-order valence-electron chi connectivity index (χ2n) is 15.2. The van der Waals surface area contributed by atoms with Gasteiger partial charge in [-0.05, 0) is 85.9 Å². The first kappa shape index (κ1) is 31.9. The smallest absolute Gasteiger partial charge is 0.216 e. The molecule has 3 fully saturated rings. The molecule has 3 aliphatic rings. The minimum Gasteiger partial charge on any atom is -0.362 e. The molecular formula is C32H56N4O3S. The fourth-order valence-electron chi connectivity index (χ4n) is 6.96. The van der Waals surface area contributed by atoms with Crippen molar-refractivity contribution in [1.82, 2.24) is 20.3 Å². The number of aryl methyl sites for hydroxylation is 2. The summed E-state index contributed by atoms with van der Waals surface area (Å²) in [5.41, 5.74) is 4.06. The summed E-state index contributed by atoms with van der Waals surface area (Å²) in [4.78, 5) is 2.66. The first-order valence-electron chi connectivity index (χ1n) is 15.5. The number of ether oxygens (including phenoxy) is 1. The Kier molecular flexibility index (Phi) is 10.1. The van der Waals surface area contributed by atoms with Crippen LogP contribution < -0.4 is 15.4 Å². The van der Waals surface area contributed by atoms with E-state index in [0.717, 1.165) is 58.0 Å². The molecule has 2 saturated heterocycles. The number of fused-ring (bicyclic) bond motifs is 4. The molecule has 0 amide bonds. The number of rotatable bonds is 4. The molecule has 228 valence electrons. The van der Waals surface area contributed by atoms with Crippen molar-refractivity contribution in [3.8, 4) is 0 Å². The van der Waals surface area contributed by atoms with Crippen molar-refractivity contribution in [2.24, 2.45) is 16.7 Å². The Morgan fingerprint density at radius 3 is 2.33 bits per heavy atom. The number of nitrogens with zero attached hydrogens (tertiary/aromatic N) is 1. The number of hydrogen-bond donors (Lipinski definition) is 3. The predicted molar refractivity (Wildman–Crippen MR) is 164 cm³/mol. The molecule has 4 bridgehead atoms. The van der Waals surface area contributed by atoms with Gasteiger partial charge in [0.05, 0.1) is 11.9 Å². The second-order valence-corrected chi connectivity index (χ2v) is 17.2. The third kappa shape index (κ3) is 8.74. The number of benzene rings is 1. The van der Waals surface area contributed by atoms with Gasteiger partial charge in [0.15, 0.2) is 0 Å². The Morgan fingerprint density at radius 2 is 1.68 bits per heavy atom. The van der Waals surface area contributed by atoms with Crippen LogP contribution in [0.2, 0.25) is 0 Å². The molecule has 1 aromatic carbocycles. The van der Waals surface area contributed by atoms with E-state index >= 15 is 0 Å². The molecule has 3 N–H and O–H groups in total. The van der Waals surface area contributed by atoms with Crippen LogP contribution in [0.1, 0.15) is 109 Å². The van der Waals surface area contributed by atoms with Crippen molar-refractivity contribution < 1.29 is 13.2 Å². The van der Waals surface area contributed by atoms with Gasteiger partial charge in [0.2, 0.25) is 10.0 Å². The van der Waals surface area contributed by atoms with Crippen LogP contribution in [-0.2, 0) is 14.8 Å². The lowest BCUT2D eigenvalue weighted by molar-refractivity contribution is -0.0512. The largest absolute Gasteiger partial charge is 0.362 e. The second kappa shape index (κ2) is 12.7. The fraction of sp³-hybridized carbons (Fsp3) is 0.812. The molecule has 1 aromatic rings. The molecule has 0 radical (unpaired) electrons. The monoisotopic (exact) mass is 576 g/mol. The van der Waals surface area contributed by atoms with E-state index in [-0.39, 0.29) is 34.4 Å². The van der Waals surface area contributed by atoms with E-state index < -0.39 is 16.3 Å². The molecule has 0 aromatic heterocycles. The van der Waals surface area contributed by atoms with E-state index in [9.17, 15) is 8.42 Å². The van der Waals surface area contributed by atoms with Crippen LogP contribution in [0.5, 0.6) is 0 Å². The highest BCUT2D eigenvalue weighted by molar-refractivity contribution is 7.90. The first-order chi connectivity index (χ1) is 18.6. The zero-order chi connectivity index (χ0) is 29.3. The van der Waals surface area contributed by atoms with E-state index in [4.69, 9.17) is 4.74 Å². The molecular weight excluding hydrogens is 520 g/mol. The van der Waals surface area contributed by atoms with E-state index in [1.807, 2.05) is 0 Å². The van der Waals surface area contributed by atoms with Crippen LogP contribution in [0.15, 0.2) is 18.2 Å². The minimum atomic E-state index is -3.52. The Balaban J connectivity index is 1.68. The quantitative estimate of drug-likeness (QED) is 0.434. The summed E-state index contributed by atoms with van der Waals surface area (Å²) in [6, 6.07) is 6.63. The lowest BCUT2D eigenvalue weighted by Gasteiger charge is -2.41. The molecule has 5 unspecified atom stereocenters. The molecule has 40 heavy (non-hydrogen) atoms. The molecule has 4 rings (SSSR count). The molecule has 0 spiro atoms. The Morgan fingerprint density at radius 1 is 0.975 bits per heavy atom. The average Bonchev–Trinajstić information content (AvgIpc) is 2.83. The molecule has 1 saturated carbocycles. The summed E-state index contributed by atoms with van der Waals surface area (Å²) in [5, 5.41) is 6.70. The lowest BCUT2D eigenvalue weighted by Crippen LogP contribution is -2.64. The summed E-state index contributed by atoms with van der Waals surface area (Å²) in [6.45, 7) is 20.7. The van der Waals surface area contributed by atoms with E-state index in [0.29, 0.717) is 12.5 Å². The number of nitrogens with one attached hydrogen (secondary N) is 3. The zero-order valence-electron chi connectivity index (χ0n) is 26.3. The van der Waals surface area contributed by atoms with E-state index in [1.165, 1.54) is 16.7 Å². The normalized spacial score (nSPS) is 32.5. The van der Waals surface area contributed by atoms with Crippen LogP contribution in [0.3, 0.4) is 0 Å². The summed E-state index contributed by atoms with van der Waals surface area (Å²) in [7, 11) is -3.52. The van der Waals surface area contributed by atoms with Crippen LogP contribution >= 0.6 is 0 Å². The summed E-state index contributed by atoms with van der Waals surface area (Å²) >= 11 is 0. The van der Waals surface area contributed by atoms with Crippen molar-refractivity contribution >= 4 is 10.0 Å². The van der Waals surface area contributed by atoms with Crippen molar-refractivity contribution in [2.75, 3.05) is 19.7 Å². The highest BCUT2D eigenvalue weighted by Crippen LogP contribution is 2.34. The van der Waals surface area contributed by atoms with Gasteiger partial charge in [-0.3, -0.25) is 15.5 Å². The van der Waals surface area contributed by atoms with Crippen LogP contribution in [0.4, 0.5) is 0 Å². The number of sulfonamides is 1. The number of hydrogen-bond acceptors (Lipinski definition) is 6. The molecule has 8 heteroatoms. The third-order valence-corrected chi connectivity index (χ3v) is 10.9. The third-order valence-electron chi connectivity index (χ3n) is 9.01. The Labute approximate surface area is 244 Å². The van der Waals surface area contributed by atoms with Gasteiger partial charge in [-0.2, -0.15) is 4.72 Å². The van der Waals surface area contributed by atoms with Crippen molar-refractivity contribution in [3.05, 3.63) is 34.9 Å². The maximum atomic E-state index is 13.7. The first-order valence-corrected chi connectivity index (χ1v) is 17.1. The van der Waals surface area contributed by atoms with Gasteiger partial charge in [0.1, 0.15) is 12.5 Å². The SMILES string of the molecule is Cc1cccc(C)c1C1CC2NC(N1)NS(=O)(=O)C1CCCC(C1)CN(CCC(C)(C)C)[C@H](CC(C)(C)C)CO2. The maximum Gasteiger partial charge on any atom is 0.216 e. The molecule has 7 nitrogen and oxygen atoms in total. The zero-order valence-corrected chi connectivity index (χ0v) is 27.2. The van der Waals surface area contributed by atoms with Crippen LogP contribution in [-0.4, -0.2) is 56.8 Å².